The molecule has 3 N–H and O–H groups in total. The van der Waals surface area contributed by atoms with E-state index >= 15 is 0 Å². The maximum absolute atomic E-state index is 11.5. The number of nitrogens with one attached hydrogen (secondary N) is 3. The lowest BCUT2D eigenvalue weighted by molar-refractivity contribution is 0.681. The lowest BCUT2D eigenvalue weighted by atomic mass is 10.3. The molecule has 2 aromatic heterocycles. The van der Waals surface area contributed by atoms with Gasteiger partial charge in [-0.25, -0.2) is 4.98 Å². The Bertz CT molecular complexity index is 548. The van der Waals surface area contributed by atoms with E-state index in [1.807, 2.05) is 18.0 Å². The highest BCUT2D eigenvalue weighted by Crippen LogP contribution is 2.10. The molecule has 5 nitrogen and oxygen atoms in total. The molecule has 18 heavy (non-hydrogen) atoms. The highest BCUT2D eigenvalue weighted by atomic mass is 32.2. The minimum absolute atomic E-state index is 0.120. The molecule has 0 atom stereocenters. The van der Waals surface area contributed by atoms with E-state index in [9.17, 15) is 4.79 Å². The van der Waals surface area contributed by atoms with Crippen LogP contribution >= 0.6 is 11.8 Å². The summed E-state index contributed by atoms with van der Waals surface area (Å²) in [6, 6.07) is 0. The summed E-state index contributed by atoms with van der Waals surface area (Å²) in [7, 11) is 0. The number of rotatable bonds is 7. The molecule has 0 spiro atoms. The van der Waals surface area contributed by atoms with Crippen molar-refractivity contribution in [2.75, 3.05) is 18.1 Å². The van der Waals surface area contributed by atoms with Crippen LogP contribution < -0.4 is 10.9 Å². The van der Waals surface area contributed by atoms with E-state index in [1.165, 1.54) is 17.8 Å². The maximum Gasteiger partial charge on any atom is 0.275 e. The molecular formula is C12H18N4OS. The van der Waals surface area contributed by atoms with Gasteiger partial charge in [-0.05, 0) is 24.5 Å². The average Bonchev–Trinajstić information content (AvgIpc) is 2.79. The van der Waals surface area contributed by atoms with E-state index in [4.69, 9.17) is 0 Å². The predicted octanol–water partition coefficient (Wildman–Crippen LogP) is 1.48. The molecular weight excluding hydrogens is 248 g/mol. The van der Waals surface area contributed by atoms with E-state index in [1.54, 1.807) is 0 Å². The van der Waals surface area contributed by atoms with Crippen LogP contribution in [0.5, 0.6) is 0 Å². The highest BCUT2D eigenvalue weighted by molar-refractivity contribution is 7.99. The van der Waals surface area contributed by atoms with Crippen LogP contribution in [0.4, 0.5) is 0 Å². The Labute approximate surface area is 110 Å². The second kappa shape index (κ2) is 6.61. The molecule has 2 aromatic rings. The predicted molar refractivity (Wildman–Crippen MR) is 76.0 cm³/mol. The maximum atomic E-state index is 11.5. The van der Waals surface area contributed by atoms with E-state index < -0.39 is 0 Å². The first-order chi connectivity index (χ1) is 8.83. The molecule has 0 bridgehead atoms. The van der Waals surface area contributed by atoms with Gasteiger partial charge >= 0.3 is 0 Å². The second-order valence-electron chi connectivity index (χ2n) is 4.00. The zero-order chi connectivity index (χ0) is 12.8. The van der Waals surface area contributed by atoms with Crippen molar-refractivity contribution in [3.63, 3.8) is 0 Å². The number of hydrogen-bond donors (Lipinski definition) is 3. The third kappa shape index (κ3) is 3.14. The fourth-order valence-corrected chi connectivity index (χ4v) is 2.44. The third-order valence-electron chi connectivity index (χ3n) is 2.71. The first-order valence-electron chi connectivity index (χ1n) is 6.15. The summed E-state index contributed by atoms with van der Waals surface area (Å²) < 4.78 is 0. The summed E-state index contributed by atoms with van der Waals surface area (Å²) in [5.41, 5.74) is 2.23. The molecule has 0 aliphatic rings. The molecule has 2 rings (SSSR count). The van der Waals surface area contributed by atoms with Crippen LogP contribution in [0.25, 0.3) is 11.0 Å². The molecule has 0 fully saturated rings. The molecule has 0 saturated heterocycles. The van der Waals surface area contributed by atoms with Crippen molar-refractivity contribution in [3.8, 4) is 0 Å². The van der Waals surface area contributed by atoms with E-state index in [2.05, 4.69) is 27.2 Å². The van der Waals surface area contributed by atoms with Crippen molar-refractivity contribution in [2.24, 2.45) is 0 Å². The molecule has 0 aromatic carbocycles. The normalized spacial score (nSPS) is 11.2. The SMILES string of the molecule is CCSCCCNCc1c[nH]c2c(=O)[nH]cnc12. The van der Waals surface area contributed by atoms with Crippen molar-refractivity contribution in [2.45, 2.75) is 19.9 Å². The molecule has 2 heterocycles. The third-order valence-corrected chi connectivity index (χ3v) is 3.70. The highest BCUT2D eigenvalue weighted by Gasteiger charge is 2.06. The van der Waals surface area contributed by atoms with Crippen LogP contribution in [0.3, 0.4) is 0 Å². The van der Waals surface area contributed by atoms with Crippen LogP contribution in [-0.2, 0) is 6.54 Å². The Morgan fingerprint density at radius 2 is 2.33 bits per heavy atom. The standard InChI is InChI=1S/C12H18N4OS/c1-2-18-5-3-4-13-6-9-7-14-11-10(9)15-8-16-12(11)17/h7-8,13-14H,2-6H2,1H3,(H,15,16,17). The van der Waals surface area contributed by atoms with Gasteiger partial charge in [0.1, 0.15) is 5.52 Å². The van der Waals surface area contributed by atoms with E-state index in [0.717, 1.165) is 30.6 Å². The summed E-state index contributed by atoms with van der Waals surface area (Å²) >= 11 is 1.96. The van der Waals surface area contributed by atoms with Gasteiger partial charge in [-0.3, -0.25) is 4.79 Å². The lowest BCUT2D eigenvalue weighted by Gasteiger charge is -2.02. The Balaban J connectivity index is 1.88. The molecule has 0 unspecified atom stereocenters. The Kier molecular flexibility index (Phi) is 4.83. The number of thioether (sulfide) groups is 1. The molecule has 0 radical (unpaired) electrons. The first kappa shape index (κ1) is 13.2. The van der Waals surface area contributed by atoms with Crippen molar-refractivity contribution >= 4 is 22.8 Å². The lowest BCUT2D eigenvalue weighted by Crippen LogP contribution is -2.15. The topological polar surface area (TPSA) is 73.6 Å². The van der Waals surface area contributed by atoms with Gasteiger partial charge in [0.15, 0.2) is 0 Å². The van der Waals surface area contributed by atoms with Gasteiger partial charge in [-0.1, -0.05) is 6.92 Å². The molecule has 98 valence electrons. The van der Waals surface area contributed by atoms with Crippen LogP contribution in [0.2, 0.25) is 0 Å². The van der Waals surface area contributed by atoms with Crippen LogP contribution in [0.1, 0.15) is 18.9 Å². The summed E-state index contributed by atoms with van der Waals surface area (Å²) in [5, 5.41) is 3.37. The summed E-state index contributed by atoms with van der Waals surface area (Å²) in [5.74, 6) is 2.37. The minimum atomic E-state index is -0.120. The number of nitrogens with zero attached hydrogens (tertiary/aromatic N) is 1. The number of H-pyrrole nitrogens is 2. The fourth-order valence-electron chi connectivity index (χ4n) is 1.81. The Morgan fingerprint density at radius 1 is 1.44 bits per heavy atom. The quantitative estimate of drug-likeness (QED) is 0.664. The average molecular weight is 266 g/mol. The minimum Gasteiger partial charge on any atom is -0.355 e. The van der Waals surface area contributed by atoms with Gasteiger partial charge in [0.2, 0.25) is 0 Å². The molecule has 0 aliphatic heterocycles. The van der Waals surface area contributed by atoms with Crippen LogP contribution in [0.15, 0.2) is 17.3 Å². The zero-order valence-electron chi connectivity index (χ0n) is 10.5. The van der Waals surface area contributed by atoms with Gasteiger partial charge in [-0.15, -0.1) is 0 Å². The largest absolute Gasteiger partial charge is 0.355 e. The second-order valence-corrected chi connectivity index (χ2v) is 5.39. The number of hydrogen-bond acceptors (Lipinski definition) is 4. The molecule has 0 saturated carbocycles. The van der Waals surface area contributed by atoms with Crippen molar-refractivity contribution in [3.05, 3.63) is 28.4 Å². The van der Waals surface area contributed by atoms with Gasteiger partial charge in [0.25, 0.3) is 5.56 Å². The van der Waals surface area contributed by atoms with Gasteiger partial charge < -0.3 is 15.3 Å². The number of aromatic amines is 2. The van der Waals surface area contributed by atoms with Crippen LogP contribution in [-0.4, -0.2) is 33.0 Å². The molecule has 6 heteroatoms. The van der Waals surface area contributed by atoms with Crippen molar-refractivity contribution < 1.29 is 0 Å². The number of fused-ring (bicyclic) bond motifs is 1. The van der Waals surface area contributed by atoms with Crippen LogP contribution in [0, 0.1) is 0 Å². The van der Waals surface area contributed by atoms with Crippen molar-refractivity contribution in [1.82, 2.24) is 20.3 Å². The first-order valence-corrected chi connectivity index (χ1v) is 7.30. The van der Waals surface area contributed by atoms with Gasteiger partial charge in [-0.2, -0.15) is 11.8 Å². The zero-order valence-corrected chi connectivity index (χ0v) is 11.3. The summed E-state index contributed by atoms with van der Waals surface area (Å²) in [6.45, 7) is 3.91. The monoisotopic (exact) mass is 266 g/mol. The molecule has 0 aliphatic carbocycles. The molecule has 0 amide bonds. The van der Waals surface area contributed by atoms with E-state index in [0.29, 0.717) is 5.52 Å². The smallest absolute Gasteiger partial charge is 0.275 e. The fraction of sp³-hybridized carbons (Fsp3) is 0.500. The van der Waals surface area contributed by atoms with Gasteiger partial charge in [0.05, 0.1) is 11.8 Å². The van der Waals surface area contributed by atoms with Gasteiger partial charge in [0, 0.05) is 18.3 Å². The summed E-state index contributed by atoms with van der Waals surface area (Å²) in [6.07, 6.45) is 4.45. The Morgan fingerprint density at radius 3 is 3.17 bits per heavy atom. The van der Waals surface area contributed by atoms with Crippen molar-refractivity contribution in [1.29, 1.82) is 0 Å². The number of aromatic nitrogens is 3. The summed E-state index contributed by atoms with van der Waals surface area (Å²) in [4.78, 5) is 21.2. The van der Waals surface area contributed by atoms with E-state index in [-0.39, 0.29) is 5.56 Å². The Hall–Kier alpha value is -1.27.